The van der Waals surface area contributed by atoms with E-state index >= 15 is 0 Å². The lowest BCUT2D eigenvalue weighted by molar-refractivity contribution is 0.395. The Morgan fingerprint density at radius 3 is 2.56 bits per heavy atom. The SMILES string of the molecule is CCCCN=c1scc(-c2ccc(OC)cc2OC)n1/N=C(\C)CCCC. The predicted molar refractivity (Wildman–Crippen MR) is 114 cm³/mol. The van der Waals surface area contributed by atoms with Crippen LogP contribution in [0.5, 0.6) is 11.5 Å². The summed E-state index contributed by atoms with van der Waals surface area (Å²) in [5.41, 5.74) is 3.09. The van der Waals surface area contributed by atoms with Gasteiger partial charge in [0.05, 0.1) is 19.9 Å². The average Bonchev–Trinajstić information content (AvgIpc) is 3.08. The third-order valence-electron chi connectivity index (χ3n) is 4.29. The van der Waals surface area contributed by atoms with Gasteiger partial charge in [0.15, 0.2) is 0 Å². The van der Waals surface area contributed by atoms with E-state index in [9.17, 15) is 0 Å². The van der Waals surface area contributed by atoms with Gasteiger partial charge in [-0.2, -0.15) is 5.10 Å². The van der Waals surface area contributed by atoms with Crippen LogP contribution in [0.1, 0.15) is 52.9 Å². The minimum Gasteiger partial charge on any atom is -0.497 e. The molecule has 0 unspecified atom stereocenters. The molecule has 27 heavy (non-hydrogen) atoms. The van der Waals surface area contributed by atoms with Crippen molar-refractivity contribution in [1.82, 2.24) is 4.68 Å². The standard InChI is InChI=1S/C21H31N3O2S/c1-6-8-10-16(3)23-24-19(15-27-21(24)22-13-9-7-2)18-12-11-17(25-4)14-20(18)26-5/h11-12,14-15H,6-10,13H2,1-5H3/b22-21?,23-16+. The van der Waals surface area contributed by atoms with Crippen molar-refractivity contribution >= 4 is 17.0 Å². The van der Waals surface area contributed by atoms with Crippen LogP contribution in [0.15, 0.2) is 33.7 Å². The molecule has 0 spiro atoms. The Hall–Kier alpha value is -2.08. The van der Waals surface area contributed by atoms with Gasteiger partial charge < -0.3 is 9.47 Å². The Morgan fingerprint density at radius 2 is 1.89 bits per heavy atom. The van der Waals surface area contributed by atoms with Gasteiger partial charge >= 0.3 is 0 Å². The molecule has 148 valence electrons. The van der Waals surface area contributed by atoms with E-state index in [0.717, 1.165) is 71.9 Å². The van der Waals surface area contributed by atoms with Crippen LogP contribution < -0.4 is 14.3 Å². The normalized spacial score (nSPS) is 12.5. The topological polar surface area (TPSA) is 48.1 Å². The summed E-state index contributed by atoms with van der Waals surface area (Å²) >= 11 is 1.62. The number of nitrogens with zero attached hydrogens (tertiary/aromatic N) is 3. The summed E-state index contributed by atoms with van der Waals surface area (Å²) in [5, 5.41) is 7.00. The van der Waals surface area contributed by atoms with Crippen LogP contribution in [0.25, 0.3) is 11.3 Å². The number of rotatable bonds is 10. The third-order valence-corrected chi connectivity index (χ3v) is 5.15. The Labute approximate surface area is 166 Å². The second-order valence-electron chi connectivity index (χ2n) is 6.46. The molecule has 0 saturated carbocycles. The summed E-state index contributed by atoms with van der Waals surface area (Å²) in [4.78, 5) is 5.70. The number of thiazole rings is 1. The molecule has 2 rings (SSSR count). The number of hydrogen-bond donors (Lipinski definition) is 0. The molecule has 1 aromatic heterocycles. The lowest BCUT2D eigenvalue weighted by Crippen LogP contribution is -2.14. The van der Waals surface area contributed by atoms with Crippen LogP contribution in [-0.2, 0) is 0 Å². The van der Waals surface area contributed by atoms with E-state index in [2.05, 4.69) is 26.2 Å². The first-order valence-electron chi connectivity index (χ1n) is 9.62. The van der Waals surface area contributed by atoms with Crippen molar-refractivity contribution < 1.29 is 9.47 Å². The van der Waals surface area contributed by atoms with Crippen LogP contribution in [-0.4, -0.2) is 31.2 Å². The molecule has 5 nitrogen and oxygen atoms in total. The molecular formula is C21H31N3O2S. The van der Waals surface area contributed by atoms with E-state index in [1.165, 1.54) is 0 Å². The van der Waals surface area contributed by atoms with E-state index in [4.69, 9.17) is 19.6 Å². The van der Waals surface area contributed by atoms with Crippen LogP contribution in [0.2, 0.25) is 0 Å². The minimum atomic E-state index is 0.766. The Morgan fingerprint density at radius 1 is 1.11 bits per heavy atom. The fraction of sp³-hybridized carbons (Fsp3) is 0.524. The molecule has 0 amide bonds. The van der Waals surface area contributed by atoms with Gasteiger partial charge in [-0.1, -0.05) is 26.7 Å². The van der Waals surface area contributed by atoms with Crippen molar-refractivity contribution in [2.45, 2.75) is 52.9 Å². The zero-order valence-corrected chi connectivity index (χ0v) is 17.9. The quantitative estimate of drug-likeness (QED) is 0.406. The molecule has 0 atom stereocenters. The maximum absolute atomic E-state index is 5.61. The minimum absolute atomic E-state index is 0.766. The van der Waals surface area contributed by atoms with Gasteiger partial charge in [-0.05, 0) is 38.3 Å². The molecule has 0 aliphatic rings. The highest BCUT2D eigenvalue weighted by molar-refractivity contribution is 7.07. The van der Waals surface area contributed by atoms with Gasteiger partial charge in [0, 0.05) is 29.3 Å². The van der Waals surface area contributed by atoms with Crippen LogP contribution in [0, 0.1) is 0 Å². The van der Waals surface area contributed by atoms with Gasteiger partial charge in [-0.15, -0.1) is 11.3 Å². The molecule has 0 fully saturated rings. The summed E-state index contributed by atoms with van der Waals surface area (Å²) < 4.78 is 12.9. The van der Waals surface area contributed by atoms with Gasteiger partial charge in [0.1, 0.15) is 11.5 Å². The highest BCUT2D eigenvalue weighted by Gasteiger charge is 2.14. The van der Waals surface area contributed by atoms with Crippen molar-refractivity contribution in [2.75, 3.05) is 20.8 Å². The van der Waals surface area contributed by atoms with E-state index in [1.54, 1.807) is 25.6 Å². The Balaban J connectivity index is 2.55. The number of methoxy groups -OCH3 is 2. The summed E-state index contributed by atoms with van der Waals surface area (Å²) in [6.07, 6.45) is 5.51. The summed E-state index contributed by atoms with van der Waals surface area (Å²) in [6, 6.07) is 5.86. The number of aromatic nitrogens is 1. The lowest BCUT2D eigenvalue weighted by atomic mass is 10.1. The van der Waals surface area contributed by atoms with E-state index in [-0.39, 0.29) is 0 Å². The smallest absolute Gasteiger partial charge is 0.206 e. The fourth-order valence-corrected chi connectivity index (χ4v) is 3.53. The van der Waals surface area contributed by atoms with Crippen molar-refractivity contribution in [3.05, 3.63) is 28.4 Å². The molecule has 0 saturated heterocycles. The highest BCUT2D eigenvalue weighted by atomic mass is 32.1. The van der Waals surface area contributed by atoms with E-state index < -0.39 is 0 Å². The van der Waals surface area contributed by atoms with Gasteiger partial charge in [-0.25, -0.2) is 4.68 Å². The number of ether oxygens (including phenoxy) is 2. The van der Waals surface area contributed by atoms with Gasteiger partial charge in [0.25, 0.3) is 0 Å². The maximum Gasteiger partial charge on any atom is 0.206 e. The molecule has 1 aromatic carbocycles. The van der Waals surface area contributed by atoms with Gasteiger partial charge in [-0.3, -0.25) is 4.99 Å². The van der Waals surface area contributed by atoms with E-state index in [0.29, 0.717) is 0 Å². The first-order chi connectivity index (χ1) is 13.1. The first kappa shape index (κ1) is 21.2. The summed E-state index contributed by atoms with van der Waals surface area (Å²) in [7, 11) is 3.34. The zero-order chi connectivity index (χ0) is 19.6. The van der Waals surface area contributed by atoms with Crippen molar-refractivity contribution in [3.63, 3.8) is 0 Å². The van der Waals surface area contributed by atoms with Crippen molar-refractivity contribution in [2.24, 2.45) is 10.1 Å². The molecule has 2 aromatic rings. The molecule has 0 aliphatic heterocycles. The Bertz CT molecular complexity index is 821. The van der Waals surface area contributed by atoms with Crippen LogP contribution in [0.4, 0.5) is 0 Å². The number of hydrogen-bond acceptors (Lipinski definition) is 5. The number of unbranched alkanes of at least 4 members (excludes halogenated alkanes) is 2. The molecular weight excluding hydrogens is 358 g/mol. The van der Waals surface area contributed by atoms with Crippen LogP contribution >= 0.6 is 11.3 Å². The van der Waals surface area contributed by atoms with Crippen molar-refractivity contribution in [3.8, 4) is 22.8 Å². The maximum atomic E-state index is 5.61. The second kappa shape index (κ2) is 10.9. The highest BCUT2D eigenvalue weighted by Crippen LogP contribution is 2.33. The summed E-state index contributed by atoms with van der Waals surface area (Å²) in [6.45, 7) is 7.29. The second-order valence-corrected chi connectivity index (χ2v) is 7.29. The van der Waals surface area contributed by atoms with Gasteiger partial charge in [0.2, 0.25) is 4.80 Å². The van der Waals surface area contributed by atoms with E-state index in [1.807, 2.05) is 22.9 Å². The lowest BCUT2D eigenvalue weighted by Gasteiger charge is -2.11. The van der Waals surface area contributed by atoms with Crippen molar-refractivity contribution in [1.29, 1.82) is 0 Å². The fourth-order valence-electron chi connectivity index (χ4n) is 2.69. The third kappa shape index (κ3) is 5.70. The molecule has 1 heterocycles. The molecule has 0 N–H and O–H groups in total. The summed E-state index contributed by atoms with van der Waals surface area (Å²) in [5.74, 6) is 1.54. The molecule has 0 aliphatic carbocycles. The molecule has 6 heteroatoms. The number of benzene rings is 1. The molecule has 0 radical (unpaired) electrons. The van der Waals surface area contributed by atoms with Crippen LogP contribution in [0.3, 0.4) is 0 Å². The largest absolute Gasteiger partial charge is 0.497 e. The first-order valence-corrected chi connectivity index (χ1v) is 10.5. The molecule has 0 bridgehead atoms. The monoisotopic (exact) mass is 389 g/mol. The predicted octanol–water partition coefficient (Wildman–Crippen LogP) is 5.35. The zero-order valence-electron chi connectivity index (χ0n) is 17.1. The average molecular weight is 390 g/mol. The Kier molecular flexibility index (Phi) is 8.58.